The molecule has 5 heteroatoms. The van der Waals surface area contributed by atoms with Crippen molar-refractivity contribution >= 4 is 11.9 Å². The second kappa shape index (κ2) is 4.39. The number of carbonyl (C=O) groups is 1. The summed E-state index contributed by atoms with van der Waals surface area (Å²) in [5.41, 5.74) is -0.400. The number of amidine groups is 1. The third-order valence-electron chi connectivity index (χ3n) is 3.27. The summed E-state index contributed by atoms with van der Waals surface area (Å²) in [6.45, 7) is 13.4. The number of nitrogens with zero attached hydrogens (tertiary/aromatic N) is 2. The summed E-state index contributed by atoms with van der Waals surface area (Å²) in [7, 11) is 0. The first kappa shape index (κ1) is 14.2. The molecular weight excluding hydrogens is 242 g/mol. The first-order valence-electron chi connectivity index (χ1n) is 6.89. The average Bonchev–Trinajstić information content (AvgIpc) is 2.68. The van der Waals surface area contributed by atoms with Crippen molar-refractivity contribution in [3.05, 3.63) is 0 Å². The van der Waals surface area contributed by atoms with Crippen molar-refractivity contribution in [3.8, 4) is 0 Å². The van der Waals surface area contributed by atoms with Gasteiger partial charge in [0, 0.05) is 18.5 Å². The molecule has 1 fully saturated rings. The lowest BCUT2D eigenvalue weighted by Gasteiger charge is -2.25. The number of likely N-dealkylation sites (tertiary alicyclic amines) is 1. The maximum absolute atomic E-state index is 12.0. The smallest absolute Gasteiger partial charge is 0.410 e. The molecule has 0 saturated carbocycles. The number of fused-ring (bicyclic) bond motifs is 1. The molecule has 0 radical (unpaired) electrons. The van der Waals surface area contributed by atoms with Gasteiger partial charge in [-0.1, -0.05) is 20.8 Å². The fourth-order valence-electron chi connectivity index (χ4n) is 2.32. The predicted molar refractivity (Wildman–Crippen MR) is 75.4 cm³/mol. The Hall–Kier alpha value is -1.26. The van der Waals surface area contributed by atoms with Crippen LogP contribution in [0.3, 0.4) is 0 Å². The van der Waals surface area contributed by atoms with E-state index in [1.165, 1.54) is 0 Å². The molecule has 1 amide bonds. The van der Waals surface area contributed by atoms with E-state index >= 15 is 0 Å². The van der Waals surface area contributed by atoms with E-state index < -0.39 is 5.60 Å². The number of carbonyl (C=O) groups excluding carboxylic acids is 1. The number of ether oxygens (including phenoxy) is 1. The number of aliphatic imine (C=N–C) groups is 1. The largest absolute Gasteiger partial charge is 0.444 e. The van der Waals surface area contributed by atoms with Crippen LogP contribution in [0.1, 0.15) is 41.5 Å². The third kappa shape index (κ3) is 3.19. The monoisotopic (exact) mass is 267 g/mol. The summed E-state index contributed by atoms with van der Waals surface area (Å²) in [6, 6.07) is 0.406. The van der Waals surface area contributed by atoms with Crippen LogP contribution in [0.15, 0.2) is 4.99 Å². The fourth-order valence-corrected chi connectivity index (χ4v) is 2.32. The van der Waals surface area contributed by atoms with Gasteiger partial charge < -0.3 is 15.0 Å². The molecule has 0 aliphatic carbocycles. The Labute approximate surface area is 115 Å². The molecule has 0 spiro atoms. The van der Waals surface area contributed by atoms with Crippen molar-refractivity contribution in [1.29, 1.82) is 0 Å². The van der Waals surface area contributed by atoms with Crippen molar-refractivity contribution in [1.82, 2.24) is 10.2 Å². The summed E-state index contributed by atoms with van der Waals surface area (Å²) in [5.74, 6) is 1.05. The minimum atomic E-state index is -0.442. The Morgan fingerprint density at radius 3 is 2.37 bits per heavy atom. The number of hydrogen-bond donors (Lipinski definition) is 1. The molecule has 2 unspecified atom stereocenters. The molecule has 0 aromatic heterocycles. The maximum atomic E-state index is 12.0. The minimum Gasteiger partial charge on any atom is -0.444 e. The van der Waals surface area contributed by atoms with E-state index in [-0.39, 0.29) is 23.6 Å². The molecule has 1 saturated heterocycles. The third-order valence-corrected chi connectivity index (χ3v) is 3.27. The maximum Gasteiger partial charge on any atom is 0.410 e. The van der Waals surface area contributed by atoms with Gasteiger partial charge >= 0.3 is 6.09 Å². The van der Waals surface area contributed by atoms with Gasteiger partial charge in [0.1, 0.15) is 11.4 Å². The molecule has 2 rings (SSSR count). The molecule has 2 aliphatic heterocycles. The average molecular weight is 267 g/mol. The SMILES string of the molecule is CC(C)(C)OC(=O)N1CC2N=C(C(C)(C)C)NC2C1. The minimum absolute atomic E-state index is 0.0427. The van der Waals surface area contributed by atoms with Crippen LogP contribution < -0.4 is 5.32 Å². The van der Waals surface area contributed by atoms with E-state index in [0.29, 0.717) is 13.1 Å². The standard InChI is InChI=1S/C14H25N3O2/c1-13(2,3)11-15-9-7-17(8-10(9)16-11)12(18)19-14(4,5)6/h9-10H,7-8H2,1-6H3,(H,15,16). The Kier molecular flexibility index (Phi) is 3.27. The summed E-state index contributed by atoms with van der Waals surface area (Å²) < 4.78 is 5.39. The highest BCUT2D eigenvalue weighted by Gasteiger charge is 2.42. The van der Waals surface area contributed by atoms with Crippen LogP contribution in [0.5, 0.6) is 0 Å². The molecule has 2 atom stereocenters. The van der Waals surface area contributed by atoms with Crippen molar-refractivity contribution in [2.24, 2.45) is 10.4 Å². The Bertz CT molecular complexity index is 404. The van der Waals surface area contributed by atoms with Gasteiger partial charge in [0.05, 0.1) is 12.1 Å². The highest BCUT2D eigenvalue weighted by Crippen LogP contribution is 2.26. The first-order chi connectivity index (χ1) is 8.56. The summed E-state index contributed by atoms with van der Waals surface area (Å²) in [6.07, 6.45) is -0.240. The van der Waals surface area contributed by atoms with Gasteiger partial charge in [-0.25, -0.2) is 4.79 Å². The Balaban J connectivity index is 1.97. The molecule has 108 valence electrons. The summed E-state index contributed by atoms with van der Waals surface area (Å²) >= 11 is 0. The van der Waals surface area contributed by atoms with Gasteiger partial charge in [0.15, 0.2) is 0 Å². The van der Waals surface area contributed by atoms with E-state index in [1.54, 1.807) is 4.90 Å². The van der Waals surface area contributed by atoms with Crippen LogP contribution in [0.25, 0.3) is 0 Å². The Morgan fingerprint density at radius 1 is 1.26 bits per heavy atom. The lowest BCUT2D eigenvalue weighted by molar-refractivity contribution is 0.0289. The lowest BCUT2D eigenvalue weighted by Crippen LogP contribution is -2.42. The van der Waals surface area contributed by atoms with E-state index in [2.05, 4.69) is 26.1 Å². The zero-order valence-electron chi connectivity index (χ0n) is 12.8. The zero-order chi connectivity index (χ0) is 14.4. The first-order valence-corrected chi connectivity index (χ1v) is 6.89. The predicted octanol–water partition coefficient (Wildman–Crippen LogP) is 2.02. The van der Waals surface area contributed by atoms with E-state index in [1.807, 2.05) is 20.8 Å². The van der Waals surface area contributed by atoms with Crippen molar-refractivity contribution in [3.63, 3.8) is 0 Å². The van der Waals surface area contributed by atoms with Crippen LogP contribution in [-0.4, -0.2) is 47.6 Å². The molecule has 19 heavy (non-hydrogen) atoms. The molecule has 1 N–H and O–H groups in total. The van der Waals surface area contributed by atoms with Gasteiger partial charge in [-0.3, -0.25) is 4.99 Å². The van der Waals surface area contributed by atoms with Gasteiger partial charge in [0.2, 0.25) is 0 Å². The quantitative estimate of drug-likeness (QED) is 0.730. The van der Waals surface area contributed by atoms with Gasteiger partial charge in [0.25, 0.3) is 0 Å². The van der Waals surface area contributed by atoms with Gasteiger partial charge in [-0.2, -0.15) is 0 Å². The van der Waals surface area contributed by atoms with Crippen LogP contribution in [-0.2, 0) is 4.74 Å². The molecule has 0 aromatic carbocycles. The molecule has 0 aromatic rings. The normalized spacial score (nSPS) is 26.8. The van der Waals surface area contributed by atoms with Gasteiger partial charge in [-0.05, 0) is 20.8 Å². The zero-order valence-corrected chi connectivity index (χ0v) is 12.8. The van der Waals surface area contributed by atoms with Crippen LogP contribution in [0.4, 0.5) is 4.79 Å². The van der Waals surface area contributed by atoms with Crippen molar-refractivity contribution in [2.75, 3.05) is 13.1 Å². The second-order valence-corrected chi connectivity index (χ2v) is 7.43. The summed E-state index contributed by atoms with van der Waals surface area (Å²) in [4.78, 5) is 18.5. The number of hydrogen-bond acceptors (Lipinski definition) is 4. The topological polar surface area (TPSA) is 53.9 Å². The van der Waals surface area contributed by atoms with E-state index in [4.69, 9.17) is 9.73 Å². The summed E-state index contributed by atoms with van der Waals surface area (Å²) in [5, 5.41) is 3.44. The lowest BCUT2D eigenvalue weighted by atomic mass is 9.95. The van der Waals surface area contributed by atoms with E-state index in [0.717, 1.165) is 5.84 Å². The van der Waals surface area contributed by atoms with Crippen LogP contribution in [0, 0.1) is 5.41 Å². The molecular formula is C14H25N3O2. The highest BCUT2D eigenvalue weighted by molar-refractivity contribution is 5.89. The van der Waals surface area contributed by atoms with Crippen molar-refractivity contribution < 1.29 is 9.53 Å². The number of rotatable bonds is 0. The van der Waals surface area contributed by atoms with Gasteiger partial charge in [-0.15, -0.1) is 0 Å². The fraction of sp³-hybridized carbons (Fsp3) is 0.857. The second-order valence-electron chi connectivity index (χ2n) is 7.43. The van der Waals surface area contributed by atoms with E-state index in [9.17, 15) is 4.79 Å². The number of nitrogens with one attached hydrogen (secondary N) is 1. The number of amides is 1. The van der Waals surface area contributed by atoms with Crippen molar-refractivity contribution in [2.45, 2.75) is 59.2 Å². The molecule has 0 bridgehead atoms. The molecule has 2 aliphatic rings. The molecule has 5 nitrogen and oxygen atoms in total. The van der Waals surface area contributed by atoms with Crippen LogP contribution >= 0.6 is 0 Å². The molecule has 2 heterocycles. The highest BCUT2D eigenvalue weighted by atomic mass is 16.6. The van der Waals surface area contributed by atoms with Crippen LogP contribution in [0.2, 0.25) is 0 Å². The Morgan fingerprint density at radius 2 is 1.89 bits per heavy atom.